The summed E-state index contributed by atoms with van der Waals surface area (Å²) in [5.74, 6) is -1.02. The van der Waals surface area contributed by atoms with Gasteiger partial charge in [-0.15, -0.1) is 0 Å². The molecule has 0 N–H and O–H groups in total. The van der Waals surface area contributed by atoms with Gasteiger partial charge >= 0.3 is 0 Å². The minimum absolute atomic E-state index is 0.222. The molecule has 0 amide bonds. The lowest BCUT2D eigenvalue weighted by molar-refractivity contribution is -0.136. The standard InChI is InChI=1S/2C7H12O2/c1-3-4-5-7(9)6(2)8;1-3-5-7(9)6(8)4-2/h2*3-5H2,1-2H3. The van der Waals surface area contributed by atoms with Gasteiger partial charge in [0.1, 0.15) is 0 Å². The fraction of sp³-hybridized carbons (Fsp3) is 0.714. The Morgan fingerprint density at radius 2 is 1.28 bits per heavy atom. The van der Waals surface area contributed by atoms with Gasteiger partial charge in [-0.2, -0.15) is 0 Å². The molecular formula is C14H24O4. The van der Waals surface area contributed by atoms with Crippen LogP contribution in [0.15, 0.2) is 0 Å². The molecule has 4 heteroatoms. The Morgan fingerprint density at radius 1 is 0.722 bits per heavy atom. The third-order valence-corrected chi connectivity index (χ3v) is 2.26. The van der Waals surface area contributed by atoms with Gasteiger partial charge in [-0.25, -0.2) is 0 Å². The van der Waals surface area contributed by atoms with Crippen LogP contribution in [0.3, 0.4) is 0 Å². The molecule has 4 nitrogen and oxygen atoms in total. The fourth-order valence-electron chi connectivity index (χ4n) is 1.08. The lowest BCUT2D eigenvalue weighted by Gasteiger charge is -1.91. The quantitative estimate of drug-likeness (QED) is 0.626. The number of ketones is 4. The van der Waals surface area contributed by atoms with Gasteiger partial charge in [0.15, 0.2) is 23.1 Å². The van der Waals surface area contributed by atoms with Gasteiger partial charge in [-0.05, 0) is 12.8 Å². The first kappa shape index (κ1) is 19.0. The van der Waals surface area contributed by atoms with Crippen molar-refractivity contribution in [1.82, 2.24) is 0 Å². The average Bonchev–Trinajstić information content (AvgIpc) is 2.35. The molecule has 0 atom stereocenters. The Balaban J connectivity index is 0. The van der Waals surface area contributed by atoms with E-state index < -0.39 is 0 Å². The van der Waals surface area contributed by atoms with Crippen molar-refractivity contribution in [2.24, 2.45) is 0 Å². The van der Waals surface area contributed by atoms with Crippen LogP contribution in [0.4, 0.5) is 0 Å². The van der Waals surface area contributed by atoms with Gasteiger partial charge < -0.3 is 0 Å². The monoisotopic (exact) mass is 256 g/mol. The zero-order valence-electron chi connectivity index (χ0n) is 11.9. The van der Waals surface area contributed by atoms with Crippen molar-refractivity contribution in [2.45, 2.75) is 66.2 Å². The molecule has 0 aliphatic carbocycles. The molecule has 0 rings (SSSR count). The first-order valence-corrected chi connectivity index (χ1v) is 6.50. The van der Waals surface area contributed by atoms with Crippen LogP contribution in [0.2, 0.25) is 0 Å². The molecule has 18 heavy (non-hydrogen) atoms. The summed E-state index contributed by atoms with van der Waals surface area (Å²) in [5, 5.41) is 0. The molecule has 0 saturated heterocycles. The second kappa shape index (κ2) is 12.1. The third-order valence-electron chi connectivity index (χ3n) is 2.26. The summed E-state index contributed by atoms with van der Waals surface area (Å²) in [4.78, 5) is 42.0. The van der Waals surface area contributed by atoms with Gasteiger partial charge in [0.05, 0.1) is 0 Å². The summed E-state index contributed by atoms with van der Waals surface area (Å²) in [7, 11) is 0. The Hall–Kier alpha value is -1.32. The summed E-state index contributed by atoms with van der Waals surface area (Å²) in [6.07, 6.45) is 3.75. The predicted molar refractivity (Wildman–Crippen MR) is 70.4 cm³/mol. The number of carbonyl (C=O) groups is 4. The van der Waals surface area contributed by atoms with E-state index in [2.05, 4.69) is 0 Å². The zero-order chi connectivity index (χ0) is 14.6. The Kier molecular flexibility index (Phi) is 12.8. The van der Waals surface area contributed by atoms with E-state index in [1.807, 2.05) is 13.8 Å². The average molecular weight is 256 g/mol. The predicted octanol–water partition coefficient (Wildman–Crippen LogP) is 2.67. The first-order chi connectivity index (χ1) is 8.40. The number of carbonyl (C=O) groups excluding carboxylic acids is 4. The van der Waals surface area contributed by atoms with Gasteiger partial charge in [0, 0.05) is 26.2 Å². The maximum absolute atomic E-state index is 10.6. The molecule has 0 aromatic heterocycles. The normalized spacial score (nSPS) is 9.11. The largest absolute Gasteiger partial charge is 0.291 e. The molecule has 0 aromatic rings. The van der Waals surface area contributed by atoms with Gasteiger partial charge in [-0.1, -0.05) is 27.2 Å². The number of hydrogen-bond acceptors (Lipinski definition) is 4. The Bertz CT molecular complexity index is 290. The van der Waals surface area contributed by atoms with Crippen molar-refractivity contribution in [3.8, 4) is 0 Å². The van der Waals surface area contributed by atoms with Crippen LogP contribution >= 0.6 is 0 Å². The zero-order valence-corrected chi connectivity index (χ0v) is 11.9. The summed E-state index contributed by atoms with van der Waals surface area (Å²) in [6, 6.07) is 0. The second-order valence-electron chi connectivity index (χ2n) is 4.03. The summed E-state index contributed by atoms with van der Waals surface area (Å²) in [5.41, 5.74) is 0. The molecule has 0 radical (unpaired) electrons. The second-order valence-corrected chi connectivity index (χ2v) is 4.03. The van der Waals surface area contributed by atoms with Crippen LogP contribution in [-0.2, 0) is 19.2 Å². The van der Waals surface area contributed by atoms with Crippen LogP contribution in [0.1, 0.15) is 66.2 Å². The smallest absolute Gasteiger partial charge is 0.198 e. The van der Waals surface area contributed by atoms with Crippen molar-refractivity contribution >= 4 is 23.1 Å². The third kappa shape index (κ3) is 11.2. The van der Waals surface area contributed by atoms with E-state index in [0.717, 1.165) is 19.3 Å². The molecule has 0 heterocycles. The molecule has 0 aromatic carbocycles. The SMILES string of the molecule is CCCC(=O)C(=O)CC.CCCCC(=O)C(C)=O. The fourth-order valence-corrected chi connectivity index (χ4v) is 1.08. The van der Waals surface area contributed by atoms with Crippen LogP contribution in [0, 0.1) is 0 Å². The highest BCUT2D eigenvalue weighted by Gasteiger charge is 2.07. The first-order valence-electron chi connectivity index (χ1n) is 6.50. The van der Waals surface area contributed by atoms with Crippen LogP contribution in [0.5, 0.6) is 0 Å². The number of hydrogen-bond donors (Lipinski definition) is 0. The highest BCUT2D eigenvalue weighted by molar-refractivity contribution is 6.37. The highest BCUT2D eigenvalue weighted by atomic mass is 16.2. The number of Topliss-reactive ketones (excluding diaryl/α,β-unsaturated/α-hetero) is 4. The van der Waals surface area contributed by atoms with E-state index in [4.69, 9.17) is 0 Å². The Morgan fingerprint density at radius 3 is 1.61 bits per heavy atom. The van der Waals surface area contributed by atoms with E-state index in [0.29, 0.717) is 19.3 Å². The molecular weight excluding hydrogens is 232 g/mol. The van der Waals surface area contributed by atoms with E-state index >= 15 is 0 Å². The maximum Gasteiger partial charge on any atom is 0.198 e. The van der Waals surface area contributed by atoms with E-state index in [1.165, 1.54) is 6.92 Å². The molecule has 0 aliphatic rings. The van der Waals surface area contributed by atoms with Gasteiger partial charge in [0.2, 0.25) is 0 Å². The number of unbranched alkanes of at least 4 members (excludes halogenated alkanes) is 1. The molecule has 0 spiro atoms. The lowest BCUT2D eigenvalue weighted by atomic mass is 10.1. The van der Waals surface area contributed by atoms with Crippen molar-refractivity contribution < 1.29 is 19.2 Å². The molecule has 104 valence electrons. The summed E-state index contributed by atoms with van der Waals surface area (Å²) in [6.45, 7) is 6.90. The van der Waals surface area contributed by atoms with E-state index in [1.54, 1.807) is 6.92 Å². The highest BCUT2D eigenvalue weighted by Crippen LogP contribution is 1.95. The van der Waals surface area contributed by atoms with Gasteiger partial charge in [0.25, 0.3) is 0 Å². The van der Waals surface area contributed by atoms with E-state index in [9.17, 15) is 19.2 Å². The van der Waals surface area contributed by atoms with E-state index in [-0.39, 0.29) is 23.1 Å². The van der Waals surface area contributed by atoms with Crippen molar-refractivity contribution in [3.05, 3.63) is 0 Å². The molecule has 0 bridgehead atoms. The van der Waals surface area contributed by atoms with Gasteiger partial charge in [-0.3, -0.25) is 19.2 Å². The molecule has 0 unspecified atom stereocenters. The van der Waals surface area contributed by atoms with Crippen molar-refractivity contribution in [1.29, 1.82) is 0 Å². The van der Waals surface area contributed by atoms with Crippen molar-refractivity contribution in [3.63, 3.8) is 0 Å². The Labute approximate surface area is 109 Å². The molecule has 0 aliphatic heterocycles. The molecule has 0 saturated carbocycles. The van der Waals surface area contributed by atoms with Crippen LogP contribution in [0.25, 0.3) is 0 Å². The molecule has 0 fully saturated rings. The topological polar surface area (TPSA) is 68.3 Å². The maximum atomic E-state index is 10.6. The lowest BCUT2D eigenvalue weighted by Crippen LogP contribution is -2.10. The summed E-state index contributed by atoms with van der Waals surface area (Å²) >= 11 is 0. The number of rotatable bonds is 8. The minimum Gasteiger partial charge on any atom is -0.291 e. The van der Waals surface area contributed by atoms with Crippen molar-refractivity contribution in [2.75, 3.05) is 0 Å². The summed E-state index contributed by atoms with van der Waals surface area (Å²) < 4.78 is 0. The minimum atomic E-state index is -0.316. The van der Waals surface area contributed by atoms with Crippen LogP contribution in [-0.4, -0.2) is 23.1 Å². The van der Waals surface area contributed by atoms with Crippen LogP contribution < -0.4 is 0 Å².